The Labute approximate surface area is 170 Å². The Bertz CT molecular complexity index is 1010. The first-order valence-corrected chi connectivity index (χ1v) is 9.38. The van der Waals surface area contributed by atoms with Crippen molar-refractivity contribution in [1.29, 1.82) is 0 Å². The predicted molar refractivity (Wildman–Crippen MR) is 105 cm³/mol. The average molecular weight is 420 g/mol. The van der Waals surface area contributed by atoms with Crippen LogP contribution in [0.15, 0.2) is 53.2 Å². The van der Waals surface area contributed by atoms with Gasteiger partial charge in [0.15, 0.2) is 5.66 Å². The van der Waals surface area contributed by atoms with Crippen molar-refractivity contribution in [3.8, 4) is 5.75 Å². The number of nitrogens with zero attached hydrogens (tertiary/aromatic N) is 1. The molecular formula is C21H20F4N4O. The average Bonchev–Trinajstić information content (AvgIpc) is 3.53. The highest BCUT2D eigenvalue weighted by Crippen LogP contribution is 2.36. The molecule has 5 N–H and O–H groups in total. The number of alkyl halides is 3. The molecule has 0 spiro atoms. The fourth-order valence-electron chi connectivity index (χ4n) is 3.19. The van der Waals surface area contributed by atoms with Crippen LogP contribution in [0.3, 0.4) is 0 Å². The number of aliphatic imine (C=N–C) groups is 1. The van der Waals surface area contributed by atoms with Crippen molar-refractivity contribution in [2.24, 2.45) is 22.4 Å². The van der Waals surface area contributed by atoms with E-state index in [-0.39, 0.29) is 17.0 Å². The Morgan fingerprint density at radius 2 is 1.83 bits per heavy atom. The molecule has 5 nitrogen and oxygen atoms in total. The van der Waals surface area contributed by atoms with Gasteiger partial charge < -0.3 is 15.8 Å². The lowest BCUT2D eigenvalue weighted by molar-refractivity contribution is -0.137. The molecule has 1 heterocycles. The van der Waals surface area contributed by atoms with Crippen molar-refractivity contribution < 1.29 is 22.3 Å². The monoisotopic (exact) mass is 420 g/mol. The molecule has 30 heavy (non-hydrogen) atoms. The molecule has 1 unspecified atom stereocenters. The maximum Gasteiger partial charge on any atom is 0.416 e. The smallest absolute Gasteiger partial charge is 0.416 e. The second kappa shape index (κ2) is 7.32. The molecule has 4 rings (SSSR count). The second-order valence-corrected chi connectivity index (χ2v) is 7.43. The van der Waals surface area contributed by atoms with Crippen LogP contribution < -0.4 is 21.5 Å². The third-order valence-electron chi connectivity index (χ3n) is 5.20. The lowest BCUT2D eigenvalue weighted by Gasteiger charge is -2.32. The highest BCUT2D eigenvalue weighted by molar-refractivity contribution is 5.82. The number of rotatable bonds is 5. The van der Waals surface area contributed by atoms with Gasteiger partial charge in [-0.25, -0.2) is 9.38 Å². The van der Waals surface area contributed by atoms with Crippen molar-refractivity contribution in [2.45, 2.75) is 24.7 Å². The van der Waals surface area contributed by atoms with Gasteiger partial charge in [-0.3, -0.25) is 5.73 Å². The van der Waals surface area contributed by atoms with E-state index in [0.717, 1.165) is 12.1 Å². The van der Waals surface area contributed by atoms with Gasteiger partial charge in [0.25, 0.3) is 0 Å². The molecule has 0 saturated heterocycles. The standard InChI is InChI=1S/C21H20F4N4O/c22-17-9-14(21(23,24)25)5-8-16(17)18-19(26)20(27,29-11-28-18)13-3-6-15(7-4-13)30-10-12-1-2-12/h3-9,11-12H,1-2,10,26-27H2,(H,28,29). The van der Waals surface area contributed by atoms with Crippen LogP contribution in [-0.2, 0) is 11.8 Å². The van der Waals surface area contributed by atoms with Crippen LogP contribution in [0.25, 0.3) is 5.70 Å². The zero-order valence-electron chi connectivity index (χ0n) is 15.8. The van der Waals surface area contributed by atoms with Crippen molar-refractivity contribution in [3.63, 3.8) is 0 Å². The quantitative estimate of drug-likeness (QED) is 0.644. The summed E-state index contributed by atoms with van der Waals surface area (Å²) in [6.45, 7) is 0.661. The van der Waals surface area contributed by atoms with E-state index in [9.17, 15) is 17.6 Å². The normalized spacial score (nSPS) is 21.5. The number of halogens is 4. The van der Waals surface area contributed by atoms with Gasteiger partial charge in [0, 0.05) is 11.1 Å². The topological polar surface area (TPSA) is 85.7 Å². The van der Waals surface area contributed by atoms with E-state index in [1.165, 1.54) is 19.2 Å². The van der Waals surface area contributed by atoms with E-state index in [2.05, 4.69) is 10.3 Å². The molecule has 0 aromatic heterocycles. The molecule has 2 aliphatic rings. The fraction of sp³-hybridized carbons (Fsp3) is 0.286. The zero-order valence-corrected chi connectivity index (χ0v) is 15.8. The first-order chi connectivity index (χ1) is 14.2. The maximum absolute atomic E-state index is 14.5. The van der Waals surface area contributed by atoms with Crippen molar-refractivity contribution in [3.05, 3.63) is 70.7 Å². The van der Waals surface area contributed by atoms with Crippen molar-refractivity contribution >= 4 is 12.0 Å². The molecule has 1 aliphatic heterocycles. The predicted octanol–water partition coefficient (Wildman–Crippen LogP) is 3.70. The van der Waals surface area contributed by atoms with Crippen LogP contribution in [0, 0.1) is 11.7 Å². The Balaban J connectivity index is 1.64. The van der Waals surface area contributed by atoms with E-state index in [0.29, 0.717) is 29.9 Å². The van der Waals surface area contributed by atoms with Crippen molar-refractivity contribution in [2.75, 3.05) is 6.61 Å². The molecule has 0 amide bonds. The summed E-state index contributed by atoms with van der Waals surface area (Å²) >= 11 is 0. The highest BCUT2D eigenvalue weighted by atomic mass is 19.4. The maximum atomic E-state index is 14.5. The van der Waals surface area contributed by atoms with E-state index in [4.69, 9.17) is 16.2 Å². The number of hydrogen-bond donors (Lipinski definition) is 3. The largest absolute Gasteiger partial charge is 0.493 e. The van der Waals surface area contributed by atoms with Crippen LogP contribution in [0.4, 0.5) is 17.6 Å². The molecule has 0 bridgehead atoms. The van der Waals surface area contributed by atoms with Gasteiger partial charge in [-0.1, -0.05) is 12.1 Å². The Hall–Kier alpha value is -3.07. The Morgan fingerprint density at radius 3 is 2.43 bits per heavy atom. The van der Waals surface area contributed by atoms with E-state index in [1.54, 1.807) is 24.3 Å². The summed E-state index contributed by atoms with van der Waals surface area (Å²) in [6, 6.07) is 9.13. The summed E-state index contributed by atoms with van der Waals surface area (Å²) < 4.78 is 58.7. The number of ether oxygens (including phenoxy) is 1. The minimum atomic E-state index is -4.65. The van der Waals surface area contributed by atoms with Gasteiger partial charge in [-0.2, -0.15) is 13.2 Å². The number of benzene rings is 2. The lowest BCUT2D eigenvalue weighted by atomic mass is 9.93. The molecule has 9 heteroatoms. The van der Waals surface area contributed by atoms with Gasteiger partial charge >= 0.3 is 6.18 Å². The molecule has 158 valence electrons. The molecule has 1 saturated carbocycles. The van der Waals surface area contributed by atoms with Gasteiger partial charge in [0.1, 0.15) is 11.6 Å². The molecule has 1 fully saturated rings. The summed E-state index contributed by atoms with van der Waals surface area (Å²) in [6.07, 6.45) is -1.05. The van der Waals surface area contributed by atoms with Crippen LogP contribution in [0.2, 0.25) is 0 Å². The summed E-state index contributed by atoms with van der Waals surface area (Å²) in [5, 5.41) is 2.70. The number of nitrogens with one attached hydrogen (secondary N) is 1. The Morgan fingerprint density at radius 1 is 1.13 bits per heavy atom. The van der Waals surface area contributed by atoms with Crippen LogP contribution in [-0.4, -0.2) is 12.9 Å². The third kappa shape index (κ3) is 3.85. The molecule has 1 aliphatic carbocycles. The van der Waals surface area contributed by atoms with Crippen LogP contribution in [0.5, 0.6) is 5.75 Å². The molecule has 2 aromatic carbocycles. The van der Waals surface area contributed by atoms with Gasteiger partial charge in [-0.15, -0.1) is 0 Å². The van der Waals surface area contributed by atoms with E-state index in [1.807, 2.05) is 0 Å². The molecular weight excluding hydrogens is 400 g/mol. The Kier molecular flexibility index (Phi) is 4.93. The van der Waals surface area contributed by atoms with Gasteiger partial charge in [0.2, 0.25) is 0 Å². The van der Waals surface area contributed by atoms with Gasteiger partial charge in [0.05, 0.1) is 29.9 Å². The van der Waals surface area contributed by atoms with Crippen LogP contribution in [0.1, 0.15) is 29.5 Å². The minimum absolute atomic E-state index is 0.0182. The summed E-state index contributed by atoms with van der Waals surface area (Å²) in [5.74, 6) is 0.222. The van der Waals surface area contributed by atoms with Crippen LogP contribution >= 0.6 is 0 Å². The lowest BCUT2D eigenvalue weighted by Crippen LogP contribution is -2.45. The molecule has 0 radical (unpaired) electrons. The zero-order chi connectivity index (χ0) is 21.5. The van der Waals surface area contributed by atoms with Gasteiger partial charge in [-0.05, 0) is 49.1 Å². The summed E-state index contributed by atoms with van der Waals surface area (Å²) in [4.78, 5) is 4.20. The summed E-state index contributed by atoms with van der Waals surface area (Å²) in [5.41, 5.74) is 10.5. The summed E-state index contributed by atoms with van der Waals surface area (Å²) in [7, 11) is 0. The minimum Gasteiger partial charge on any atom is -0.493 e. The SMILES string of the molecule is NC1=C(c2ccc(C(F)(F)F)cc2F)NC=NC1(N)c1ccc(OCC2CC2)cc1. The van der Waals surface area contributed by atoms with Crippen molar-refractivity contribution in [1.82, 2.24) is 5.32 Å². The highest BCUT2D eigenvalue weighted by Gasteiger charge is 2.36. The third-order valence-corrected chi connectivity index (χ3v) is 5.20. The second-order valence-electron chi connectivity index (χ2n) is 7.43. The van der Waals surface area contributed by atoms with E-state index < -0.39 is 23.2 Å². The van der Waals surface area contributed by atoms with E-state index >= 15 is 0 Å². The fourth-order valence-corrected chi connectivity index (χ4v) is 3.19. The number of nitrogens with two attached hydrogens (primary N) is 2. The molecule has 1 atom stereocenters. The first-order valence-electron chi connectivity index (χ1n) is 9.38. The molecule has 2 aromatic rings. The first kappa shape index (κ1) is 20.2. The number of hydrogen-bond acceptors (Lipinski definition) is 5.